The van der Waals surface area contributed by atoms with Crippen LogP contribution in [0.4, 0.5) is 0 Å². The monoisotopic (exact) mass is 274 g/mol. The highest BCUT2D eigenvalue weighted by Crippen LogP contribution is 2.40. The molecule has 1 aromatic rings. The molecule has 0 saturated carbocycles. The van der Waals surface area contributed by atoms with Crippen molar-refractivity contribution in [1.29, 1.82) is 0 Å². The van der Waals surface area contributed by atoms with Crippen molar-refractivity contribution in [3.8, 4) is 0 Å². The molecule has 0 amide bonds. The van der Waals surface area contributed by atoms with Crippen LogP contribution in [-0.4, -0.2) is 52.1 Å². The normalized spacial score (nSPS) is 41.0. The number of piperazine rings is 1. The summed E-state index contributed by atoms with van der Waals surface area (Å²) in [5.74, 6) is 0. The summed E-state index contributed by atoms with van der Waals surface area (Å²) in [7, 11) is 0. The van der Waals surface area contributed by atoms with Gasteiger partial charge in [-0.2, -0.15) is 0 Å². The van der Waals surface area contributed by atoms with E-state index in [0.717, 1.165) is 13.1 Å². The van der Waals surface area contributed by atoms with Crippen molar-refractivity contribution in [3.63, 3.8) is 0 Å². The Bertz CT molecular complexity index is 481. The number of nitrogens with zero attached hydrogens (tertiary/aromatic N) is 2. The first-order chi connectivity index (χ1) is 9.74. The van der Waals surface area contributed by atoms with Gasteiger partial charge in [-0.05, 0) is 25.3 Å². The molecule has 0 aromatic heterocycles. The van der Waals surface area contributed by atoms with Crippen LogP contribution < -0.4 is 0 Å². The summed E-state index contributed by atoms with van der Waals surface area (Å²) in [4.78, 5) is 4.79. The lowest BCUT2D eigenvalue weighted by Gasteiger charge is -2.44. The van der Waals surface area contributed by atoms with Crippen molar-refractivity contribution in [3.05, 3.63) is 35.9 Å². The molecule has 2 bridgehead atoms. The summed E-state index contributed by atoms with van der Waals surface area (Å²) >= 11 is 0. The number of ether oxygens (including phenoxy) is 1. The van der Waals surface area contributed by atoms with E-state index in [9.17, 15) is 5.11 Å². The summed E-state index contributed by atoms with van der Waals surface area (Å²) in [6.07, 6.45) is 1.88. The maximum absolute atomic E-state index is 10.0. The fourth-order valence-corrected chi connectivity index (χ4v) is 4.33. The van der Waals surface area contributed by atoms with E-state index in [-0.39, 0.29) is 6.10 Å². The van der Waals surface area contributed by atoms with Gasteiger partial charge in [0.25, 0.3) is 0 Å². The molecule has 3 heterocycles. The van der Waals surface area contributed by atoms with E-state index in [1.807, 2.05) is 0 Å². The first-order valence-electron chi connectivity index (χ1n) is 7.63. The van der Waals surface area contributed by atoms with Gasteiger partial charge in [-0.1, -0.05) is 30.3 Å². The Hall–Kier alpha value is -0.940. The molecule has 0 spiro atoms. The third-order valence-electron chi connectivity index (χ3n) is 5.20. The Kier molecular flexibility index (Phi) is 3.07. The van der Waals surface area contributed by atoms with Gasteiger partial charge in [0.15, 0.2) is 0 Å². The first kappa shape index (κ1) is 12.8. The lowest BCUT2D eigenvalue weighted by Crippen LogP contribution is -2.60. The molecule has 20 heavy (non-hydrogen) atoms. The molecule has 108 valence electrons. The molecule has 3 aliphatic heterocycles. The van der Waals surface area contributed by atoms with Gasteiger partial charge in [-0.25, -0.2) is 4.90 Å². The SMILES string of the molecule is C[C@@H]1OC(O)N2C[C@H]3CC[C@@H]([C@@H]12)N3Cc1ccccc1. The Morgan fingerprint density at radius 1 is 1.25 bits per heavy atom. The molecule has 1 aromatic carbocycles. The van der Waals surface area contributed by atoms with Crippen LogP contribution in [0.3, 0.4) is 0 Å². The van der Waals surface area contributed by atoms with Crippen molar-refractivity contribution in [1.82, 2.24) is 9.80 Å². The van der Waals surface area contributed by atoms with Crippen molar-refractivity contribution >= 4 is 0 Å². The van der Waals surface area contributed by atoms with Crippen LogP contribution in [0.5, 0.6) is 0 Å². The second-order valence-corrected chi connectivity index (χ2v) is 6.31. The number of hydrogen-bond acceptors (Lipinski definition) is 4. The predicted molar refractivity (Wildman–Crippen MR) is 75.8 cm³/mol. The fraction of sp³-hybridized carbons (Fsp3) is 0.625. The highest BCUT2D eigenvalue weighted by Gasteiger charge is 2.53. The average molecular weight is 274 g/mol. The summed E-state index contributed by atoms with van der Waals surface area (Å²) < 4.78 is 5.61. The Morgan fingerprint density at radius 2 is 2.05 bits per heavy atom. The van der Waals surface area contributed by atoms with Crippen LogP contribution in [0.25, 0.3) is 0 Å². The minimum absolute atomic E-state index is 0.118. The van der Waals surface area contributed by atoms with Crippen molar-refractivity contribution in [2.24, 2.45) is 0 Å². The lowest BCUT2D eigenvalue weighted by atomic mass is 9.99. The molecule has 3 fully saturated rings. The molecular weight excluding hydrogens is 252 g/mol. The van der Waals surface area contributed by atoms with Gasteiger partial charge >= 0.3 is 0 Å². The molecular formula is C16H22N2O2. The molecule has 1 unspecified atom stereocenters. The molecule has 0 aliphatic carbocycles. The molecule has 1 N–H and O–H groups in total. The van der Waals surface area contributed by atoms with E-state index < -0.39 is 6.41 Å². The van der Waals surface area contributed by atoms with E-state index in [1.165, 1.54) is 18.4 Å². The Morgan fingerprint density at radius 3 is 2.85 bits per heavy atom. The number of rotatable bonds is 2. The third kappa shape index (κ3) is 1.91. The van der Waals surface area contributed by atoms with Gasteiger partial charge in [0.05, 0.1) is 12.1 Å². The molecule has 3 saturated heterocycles. The number of benzene rings is 1. The standard InChI is InChI=1S/C16H22N2O2/c1-11-15-14-8-7-13(10-18(15)16(19)20-11)17(14)9-12-5-3-2-4-6-12/h2-6,11,13-16,19H,7-10H2,1H3/t11-,13+,14-,15+,16?/m0/s1. The zero-order valence-electron chi connectivity index (χ0n) is 11.9. The maximum Gasteiger partial charge on any atom is 0.216 e. The highest BCUT2D eigenvalue weighted by molar-refractivity contribution is 5.16. The van der Waals surface area contributed by atoms with Crippen molar-refractivity contribution in [2.75, 3.05) is 6.54 Å². The van der Waals surface area contributed by atoms with Gasteiger partial charge in [0.1, 0.15) is 0 Å². The summed E-state index contributed by atoms with van der Waals surface area (Å²) in [5.41, 5.74) is 1.38. The first-order valence-corrected chi connectivity index (χ1v) is 7.63. The molecule has 5 atom stereocenters. The quantitative estimate of drug-likeness (QED) is 0.884. The summed E-state index contributed by atoms with van der Waals surface area (Å²) in [5, 5.41) is 10.0. The zero-order valence-corrected chi connectivity index (χ0v) is 11.9. The number of hydrogen-bond donors (Lipinski definition) is 1. The van der Waals surface area contributed by atoms with Gasteiger partial charge in [0.2, 0.25) is 6.41 Å². The van der Waals surface area contributed by atoms with E-state index in [4.69, 9.17) is 4.74 Å². The maximum atomic E-state index is 10.0. The highest BCUT2D eigenvalue weighted by atomic mass is 16.6. The van der Waals surface area contributed by atoms with Crippen molar-refractivity contribution in [2.45, 2.75) is 57.0 Å². The van der Waals surface area contributed by atoms with Gasteiger partial charge < -0.3 is 9.84 Å². The smallest absolute Gasteiger partial charge is 0.216 e. The topological polar surface area (TPSA) is 35.9 Å². The van der Waals surface area contributed by atoms with Gasteiger partial charge in [-0.15, -0.1) is 0 Å². The lowest BCUT2D eigenvalue weighted by molar-refractivity contribution is -0.156. The van der Waals surface area contributed by atoms with Crippen LogP contribution in [0.1, 0.15) is 25.3 Å². The number of aliphatic hydroxyl groups is 1. The average Bonchev–Trinajstić information content (AvgIpc) is 2.87. The van der Waals surface area contributed by atoms with Crippen LogP contribution in [-0.2, 0) is 11.3 Å². The van der Waals surface area contributed by atoms with Crippen LogP contribution in [0.15, 0.2) is 30.3 Å². The molecule has 3 aliphatic rings. The summed E-state index contributed by atoms with van der Waals surface area (Å²) in [6.45, 7) is 4.04. The largest absolute Gasteiger partial charge is 0.356 e. The van der Waals surface area contributed by atoms with Crippen LogP contribution >= 0.6 is 0 Å². The van der Waals surface area contributed by atoms with E-state index >= 15 is 0 Å². The van der Waals surface area contributed by atoms with Crippen LogP contribution in [0, 0.1) is 0 Å². The van der Waals surface area contributed by atoms with E-state index in [1.54, 1.807) is 0 Å². The zero-order chi connectivity index (χ0) is 13.7. The van der Waals surface area contributed by atoms with Gasteiger partial charge in [0, 0.05) is 25.2 Å². The number of aliphatic hydroxyl groups excluding tert-OH is 1. The molecule has 4 nitrogen and oxygen atoms in total. The van der Waals surface area contributed by atoms with E-state index in [2.05, 4.69) is 47.1 Å². The predicted octanol–water partition coefficient (Wildman–Crippen LogP) is 1.40. The molecule has 0 radical (unpaired) electrons. The van der Waals surface area contributed by atoms with Crippen molar-refractivity contribution < 1.29 is 9.84 Å². The summed E-state index contributed by atoms with van der Waals surface area (Å²) in [6, 6.07) is 12.1. The third-order valence-corrected chi connectivity index (χ3v) is 5.20. The Balaban J connectivity index is 1.58. The van der Waals surface area contributed by atoms with E-state index in [0.29, 0.717) is 18.1 Å². The fourth-order valence-electron chi connectivity index (χ4n) is 4.33. The minimum Gasteiger partial charge on any atom is -0.356 e. The second-order valence-electron chi connectivity index (χ2n) is 6.31. The number of fused-ring (bicyclic) bond motifs is 4. The second kappa shape index (κ2) is 4.81. The Labute approximate surface area is 119 Å². The minimum atomic E-state index is -0.697. The molecule has 4 rings (SSSR count). The molecule has 4 heteroatoms. The van der Waals surface area contributed by atoms with Crippen LogP contribution in [0.2, 0.25) is 0 Å². The van der Waals surface area contributed by atoms with Gasteiger partial charge in [-0.3, -0.25) is 4.90 Å².